The van der Waals surface area contributed by atoms with Crippen LogP contribution in [0.1, 0.15) is 5.69 Å². The second kappa shape index (κ2) is 3.63. The largest absolute Gasteiger partial charge is 0.338 e. The van der Waals surface area contributed by atoms with E-state index in [4.69, 9.17) is 0 Å². The number of hydrogen-bond donors (Lipinski definition) is 1. The molecule has 4 nitrogen and oxygen atoms in total. The van der Waals surface area contributed by atoms with Gasteiger partial charge in [-0.05, 0) is 13.0 Å². The van der Waals surface area contributed by atoms with Crippen molar-refractivity contribution in [3.8, 4) is 11.4 Å². The molecule has 0 atom stereocenters. The van der Waals surface area contributed by atoms with Gasteiger partial charge in [-0.25, -0.2) is 13.8 Å². The fraction of sp³-hybridized carbons (Fsp3) is 0.167. The summed E-state index contributed by atoms with van der Waals surface area (Å²) >= 11 is 0. The number of rotatable bonds is 1. The van der Waals surface area contributed by atoms with Crippen LogP contribution in [0, 0.1) is 18.6 Å². The molecule has 6 heteroatoms. The first-order chi connectivity index (χ1) is 8.54. The standard InChI is InChI=1S/C12H10F2N4/c1-6-8(5-18(2)17-6)12-15-10-4-7(13)3-9(14)11(10)16-12/h3-5H,1-2H3,(H,15,16). The molecule has 18 heavy (non-hydrogen) atoms. The summed E-state index contributed by atoms with van der Waals surface area (Å²) in [6, 6.07) is 2.05. The summed E-state index contributed by atoms with van der Waals surface area (Å²) in [5, 5.41) is 4.19. The monoisotopic (exact) mass is 248 g/mol. The second-order valence-electron chi connectivity index (χ2n) is 4.17. The highest BCUT2D eigenvalue weighted by Gasteiger charge is 2.14. The second-order valence-corrected chi connectivity index (χ2v) is 4.17. The molecule has 2 heterocycles. The van der Waals surface area contributed by atoms with Gasteiger partial charge in [-0.1, -0.05) is 0 Å². The molecule has 1 aromatic carbocycles. The van der Waals surface area contributed by atoms with Gasteiger partial charge in [0.25, 0.3) is 0 Å². The van der Waals surface area contributed by atoms with Crippen LogP contribution >= 0.6 is 0 Å². The first-order valence-corrected chi connectivity index (χ1v) is 5.40. The lowest BCUT2D eigenvalue weighted by Crippen LogP contribution is -1.86. The van der Waals surface area contributed by atoms with E-state index in [1.165, 1.54) is 6.07 Å². The molecule has 2 aromatic heterocycles. The number of nitrogens with one attached hydrogen (secondary N) is 1. The van der Waals surface area contributed by atoms with Crippen molar-refractivity contribution in [2.24, 2.45) is 7.05 Å². The fourth-order valence-electron chi connectivity index (χ4n) is 2.00. The van der Waals surface area contributed by atoms with Gasteiger partial charge >= 0.3 is 0 Å². The van der Waals surface area contributed by atoms with Gasteiger partial charge in [-0.3, -0.25) is 4.68 Å². The number of H-pyrrole nitrogens is 1. The summed E-state index contributed by atoms with van der Waals surface area (Å²) in [6.45, 7) is 1.83. The Labute approximate surface area is 101 Å². The molecule has 0 unspecified atom stereocenters. The highest BCUT2D eigenvalue weighted by atomic mass is 19.1. The highest BCUT2D eigenvalue weighted by molar-refractivity contribution is 5.80. The third-order valence-corrected chi connectivity index (χ3v) is 2.77. The Bertz CT molecular complexity index is 742. The Hall–Kier alpha value is -2.24. The molecule has 0 saturated carbocycles. The van der Waals surface area contributed by atoms with E-state index in [2.05, 4.69) is 15.1 Å². The first-order valence-electron chi connectivity index (χ1n) is 5.40. The molecule has 0 aliphatic rings. The molecule has 92 valence electrons. The van der Waals surface area contributed by atoms with Crippen molar-refractivity contribution in [1.29, 1.82) is 0 Å². The number of benzene rings is 1. The molecule has 0 spiro atoms. The zero-order valence-corrected chi connectivity index (χ0v) is 9.83. The first kappa shape index (κ1) is 10.9. The summed E-state index contributed by atoms with van der Waals surface area (Å²) < 4.78 is 28.3. The number of nitrogens with zero attached hydrogens (tertiary/aromatic N) is 3. The number of halogens is 2. The molecule has 0 fully saturated rings. The van der Waals surface area contributed by atoms with Crippen LogP contribution in [0.2, 0.25) is 0 Å². The van der Waals surface area contributed by atoms with Gasteiger partial charge in [0.1, 0.15) is 17.2 Å². The minimum Gasteiger partial charge on any atom is -0.338 e. The summed E-state index contributed by atoms with van der Waals surface area (Å²) in [5.41, 5.74) is 2.02. The number of hydrogen-bond acceptors (Lipinski definition) is 2. The van der Waals surface area contributed by atoms with E-state index in [0.717, 1.165) is 17.3 Å². The molecule has 0 saturated heterocycles. The lowest BCUT2D eigenvalue weighted by atomic mass is 10.2. The number of aromatic nitrogens is 4. The van der Waals surface area contributed by atoms with Crippen LogP contribution in [0.4, 0.5) is 8.78 Å². The molecule has 0 aliphatic heterocycles. The lowest BCUT2D eigenvalue weighted by Gasteiger charge is -1.90. The summed E-state index contributed by atoms with van der Waals surface area (Å²) in [6.07, 6.45) is 1.78. The third-order valence-electron chi connectivity index (χ3n) is 2.77. The van der Waals surface area contributed by atoms with Gasteiger partial charge < -0.3 is 4.98 Å². The van der Waals surface area contributed by atoms with Crippen LogP contribution in [0.5, 0.6) is 0 Å². The van der Waals surface area contributed by atoms with E-state index in [0.29, 0.717) is 11.3 Å². The average molecular weight is 248 g/mol. The molecule has 0 bridgehead atoms. The van der Waals surface area contributed by atoms with Crippen molar-refractivity contribution in [3.05, 3.63) is 35.7 Å². The summed E-state index contributed by atoms with van der Waals surface area (Å²) in [7, 11) is 1.79. The molecule has 0 radical (unpaired) electrons. The van der Waals surface area contributed by atoms with Crippen LogP contribution in [0.25, 0.3) is 22.4 Å². The van der Waals surface area contributed by atoms with E-state index in [1.807, 2.05) is 6.92 Å². The zero-order chi connectivity index (χ0) is 12.9. The zero-order valence-electron chi connectivity index (χ0n) is 9.83. The Morgan fingerprint density at radius 2 is 2.06 bits per heavy atom. The van der Waals surface area contributed by atoms with E-state index in [9.17, 15) is 8.78 Å². The van der Waals surface area contributed by atoms with E-state index in [-0.39, 0.29) is 5.52 Å². The topological polar surface area (TPSA) is 46.5 Å². The van der Waals surface area contributed by atoms with Crippen LogP contribution in [-0.4, -0.2) is 19.7 Å². The normalized spacial score (nSPS) is 11.3. The van der Waals surface area contributed by atoms with Crippen LogP contribution in [-0.2, 0) is 7.05 Å². The van der Waals surface area contributed by atoms with Crippen molar-refractivity contribution < 1.29 is 8.78 Å². The van der Waals surface area contributed by atoms with Crippen molar-refractivity contribution in [2.45, 2.75) is 6.92 Å². The Morgan fingerprint density at radius 3 is 2.72 bits per heavy atom. The number of fused-ring (bicyclic) bond motifs is 1. The highest BCUT2D eigenvalue weighted by Crippen LogP contribution is 2.24. The van der Waals surface area contributed by atoms with Crippen molar-refractivity contribution in [2.75, 3.05) is 0 Å². The van der Waals surface area contributed by atoms with E-state index < -0.39 is 11.6 Å². The predicted octanol–water partition coefficient (Wildman–Crippen LogP) is 2.55. The van der Waals surface area contributed by atoms with E-state index in [1.54, 1.807) is 17.9 Å². The van der Waals surface area contributed by atoms with Gasteiger partial charge in [0.2, 0.25) is 0 Å². The molecule has 0 amide bonds. The Balaban J connectivity index is 2.25. The maximum absolute atomic E-state index is 13.5. The summed E-state index contributed by atoms with van der Waals surface area (Å²) in [5.74, 6) is -0.813. The van der Waals surface area contributed by atoms with E-state index >= 15 is 0 Å². The summed E-state index contributed by atoms with van der Waals surface area (Å²) in [4.78, 5) is 7.05. The number of aryl methyl sites for hydroxylation is 2. The van der Waals surface area contributed by atoms with Gasteiger partial charge in [0.05, 0.1) is 16.8 Å². The molecule has 0 aliphatic carbocycles. The predicted molar refractivity (Wildman–Crippen MR) is 62.9 cm³/mol. The Morgan fingerprint density at radius 1 is 1.28 bits per heavy atom. The molecule has 3 aromatic rings. The maximum Gasteiger partial charge on any atom is 0.153 e. The Kier molecular flexibility index (Phi) is 2.19. The third kappa shape index (κ3) is 1.57. The van der Waals surface area contributed by atoms with Gasteiger partial charge in [0.15, 0.2) is 5.82 Å². The van der Waals surface area contributed by atoms with Crippen LogP contribution in [0.15, 0.2) is 18.3 Å². The van der Waals surface area contributed by atoms with Crippen molar-refractivity contribution in [3.63, 3.8) is 0 Å². The maximum atomic E-state index is 13.5. The molecular weight excluding hydrogens is 238 g/mol. The lowest BCUT2D eigenvalue weighted by molar-refractivity contribution is 0.591. The quantitative estimate of drug-likeness (QED) is 0.719. The number of aromatic amines is 1. The minimum atomic E-state index is -0.672. The number of imidazole rings is 1. The minimum absolute atomic E-state index is 0.134. The average Bonchev–Trinajstić information content (AvgIpc) is 2.81. The van der Waals surface area contributed by atoms with Crippen LogP contribution < -0.4 is 0 Å². The molecule has 3 rings (SSSR count). The SMILES string of the molecule is Cc1nn(C)cc1-c1nc2c(F)cc(F)cc2[nH]1. The van der Waals surface area contributed by atoms with Crippen molar-refractivity contribution >= 4 is 11.0 Å². The van der Waals surface area contributed by atoms with Gasteiger partial charge in [-0.15, -0.1) is 0 Å². The van der Waals surface area contributed by atoms with Crippen molar-refractivity contribution in [1.82, 2.24) is 19.7 Å². The fourth-order valence-corrected chi connectivity index (χ4v) is 2.00. The molecule has 1 N–H and O–H groups in total. The van der Waals surface area contributed by atoms with Crippen LogP contribution in [0.3, 0.4) is 0 Å². The van der Waals surface area contributed by atoms with Gasteiger partial charge in [0, 0.05) is 19.3 Å². The molecular formula is C12H10F2N4. The smallest absolute Gasteiger partial charge is 0.153 e. The van der Waals surface area contributed by atoms with Gasteiger partial charge in [-0.2, -0.15) is 5.10 Å².